The zero-order valence-electron chi connectivity index (χ0n) is 18.9. The summed E-state index contributed by atoms with van der Waals surface area (Å²) < 4.78 is 25.4. The molecular formula is C19H43NO8. The molecule has 9 heteroatoms. The molecule has 2 N–H and O–H groups in total. The molecule has 0 fully saturated rings. The average Bonchev–Trinajstić information content (AvgIpc) is 2.61. The van der Waals surface area contributed by atoms with Crippen LogP contribution in [0, 0.1) is 0 Å². The van der Waals surface area contributed by atoms with E-state index in [0.717, 1.165) is 5.06 Å². The lowest BCUT2D eigenvalue weighted by Crippen LogP contribution is -2.20. The van der Waals surface area contributed by atoms with E-state index in [0.29, 0.717) is 59.4 Å². The first-order valence-corrected chi connectivity index (χ1v) is 9.67. The second-order valence-electron chi connectivity index (χ2n) is 6.33. The molecule has 0 spiro atoms. The van der Waals surface area contributed by atoms with E-state index in [-0.39, 0.29) is 12.4 Å². The second-order valence-corrected chi connectivity index (χ2v) is 6.33. The number of ether oxygens (including phenoxy) is 5. The van der Waals surface area contributed by atoms with Gasteiger partial charge in [0.15, 0.2) is 0 Å². The first-order valence-electron chi connectivity index (χ1n) is 9.67. The minimum absolute atomic E-state index is 0.256. The predicted molar refractivity (Wildman–Crippen MR) is 108 cm³/mol. The lowest BCUT2D eigenvalue weighted by Gasteiger charge is -2.09. The van der Waals surface area contributed by atoms with Crippen LogP contribution in [0.25, 0.3) is 0 Å². The molecule has 0 aromatic carbocycles. The van der Waals surface area contributed by atoms with Gasteiger partial charge in [0, 0.05) is 13.6 Å². The summed E-state index contributed by atoms with van der Waals surface area (Å²) in [5.74, 6) is -0.280. The summed E-state index contributed by atoms with van der Waals surface area (Å²) in [5, 5.41) is 18.4. The molecule has 0 amide bonds. The SMILES string of the molecule is CC.CC(C)(C)O.COC(=O)CCOCCOCCOCCOCCN(C)O. The first kappa shape index (κ1) is 31.9. The molecule has 0 aliphatic heterocycles. The van der Waals surface area contributed by atoms with Crippen LogP contribution in [0.2, 0.25) is 0 Å². The van der Waals surface area contributed by atoms with Crippen molar-refractivity contribution in [3.63, 3.8) is 0 Å². The van der Waals surface area contributed by atoms with Crippen LogP contribution >= 0.6 is 0 Å². The largest absolute Gasteiger partial charge is 0.469 e. The van der Waals surface area contributed by atoms with Gasteiger partial charge in [-0.15, -0.1) is 0 Å². The Hall–Kier alpha value is -0.810. The van der Waals surface area contributed by atoms with E-state index in [1.807, 2.05) is 13.8 Å². The van der Waals surface area contributed by atoms with E-state index in [1.54, 1.807) is 27.8 Å². The monoisotopic (exact) mass is 413 g/mol. The number of rotatable bonds is 15. The van der Waals surface area contributed by atoms with Crippen molar-refractivity contribution >= 4 is 5.97 Å². The number of carbonyl (C=O) groups is 1. The predicted octanol–water partition coefficient (Wildman–Crippen LogP) is 1.74. The van der Waals surface area contributed by atoms with Crippen molar-refractivity contribution in [3.05, 3.63) is 0 Å². The average molecular weight is 414 g/mol. The Morgan fingerprint density at radius 3 is 1.46 bits per heavy atom. The van der Waals surface area contributed by atoms with Crippen LogP contribution in [0.5, 0.6) is 0 Å². The second kappa shape index (κ2) is 24.2. The summed E-state index contributed by atoms with van der Waals surface area (Å²) >= 11 is 0. The Morgan fingerprint density at radius 1 is 0.821 bits per heavy atom. The summed E-state index contributed by atoms with van der Waals surface area (Å²) in [6, 6.07) is 0. The number of hydrogen-bond donors (Lipinski definition) is 2. The van der Waals surface area contributed by atoms with Crippen LogP contribution in [-0.2, 0) is 28.5 Å². The van der Waals surface area contributed by atoms with Gasteiger partial charge < -0.3 is 34.0 Å². The number of likely N-dealkylation sites (N-methyl/N-ethyl adjacent to an activating group) is 1. The Bertz CT molecular complexity index is 303. The van der Waals surface area contributed by atoms with Crippen molar-refractivity contribution in [1.82, 2.24) is 5.06 Å². The van der Waals surface area contributed by atoms with Crippen molar-refractivity contribution in [2.75, 3.05) is 73.6 Å². The van der Waals surface area contributed by atoms with Gasteiger partial charge in [0.2, 0.25) is 0 Å². The van der Waals surface area contributed by atoms with Gasteiger partial charge in [-0.25, -0.2) is 0 Å². The van der Waals surface area contributed by atoms with Gasteiger partial charge in [0.25, 0.3) is 0 Å². The van der Waals surface area contributed by atoms with Crippen molar-refractivity contribution in [1.29, 1.82) is 0 Å². The molecule has 0 heterocycles. The lowest BCUT2D eigenvalue weighted by atomic mass is 10.2. The molecule has 0 rings (SSSR count). The molecule has 0 bridgehead atoms. The molecule has 0 saturated carbocycles. The first-order chi connectivity index (χ1) is 13.2. The minimum atomic E-state index is -0.500. The molecular weight excluding hydrogens is 370 g/mol. The third-order valence-electron chi connectivity index (χ3n) is 2.35. The topological polar surface area (TPSA) is 107 Å². The molecule has 172 valence electrons. The Balaban J connectivity index is -0.000000767. The number of aliphatic hydroxyl groups is 1. The molecule has 0 aromatic rings. The summed E-state index contributed by atoms with van der Waals surface area (Å²) in [6.07, 6.45) is 0.256. The number of nitrogens with zero attached hydrogens (tertiary/aromatic N) is 1. The van der Waals surface area contributed by atoms with Crippen LogP contribution in [0.4, 0.5) is 0 Å². The normalized spacial score (nSPS) is 10.6. The van der Waals surface area contributed by atoms with Crippen LogP contribution in [0.3, 0.4) is 0 Å². The maximum absolute atomic E-state index is 10.8. The fourth-order valence-electron chi connectivity index (χ4n) is 1.22. The maximum atomic E-state index is 10.8. The quantitative estimate of drug-likeness (QED) is 0.236. The molecule has 0 saturated heterocycles. The molecule has 28 heavy (non-hydrogen) atoms. The van der Waals surface area contributed by atoms with E-state index >= 15 is 0 Å². The van der Waals surface area contributed by atoms with Crippen LogP contribution in [-0.4, -0.2) is 101 Å². The number of carbonyl (C=O) groups excluding carboxylic acids is 1. The third-order valence-corrected chi connectivity index (χ3v) is 2.35. The highest BCUT2D eigenvalue weighted by Gasteiger charge is 1.99. The Morgan fingerprint density at radius 2 is 1.14 bits per heavy atom. The van der Waals surface area contributed by atoms with Gasteiger partial charge in [-0.2, -0.15) is 5.06 Å². The molecule has 0 aliphatic rings. The standard InChI is InChI=1S/C13H27NO7.C4H10O.C2H6/c1-14(16)4-6-19-8-10-21-12-11-20-9-7-18-5-3-13(15)17-2;1-4(2,3)5;1-2/h16H,3-12H2,1-2H3;5H,1-3H3;1-2H3. The summed E-state index contributed by atoms with van der Waals surface area (Å²) in [6.45, 7) is 13.4. The van der Waals surface area contributed by atoms with Crippen molar-refractivity contribution in [2.24, 2.45) is 0 Å². The zero-order valence-corrected chi connectivity index (χ0v) is 18.9. The Labute approximate surface area is 170 Å². The highest BCUT2D eigenvalue weighted by atomic mass is 16.6. The van der Waals surface area contributed by atoms with E-state index < -0.39 is 5.60 Å². The van der Waals surface area contributed by atoms with Gasteiger partial charge in [0.1, 0.15) is 0 Å². The number of hydrogen-bond acceptors (Lipinski definition) is 9. The minimum Gasteiger partial charge on any atom is -0.469 e. The molecule has 0 radical (unpaired) electrons. The van der Waals surface area contributed by atoms with Gasteiger partial charge >= 0.3 is 5.97 Å². The van der Waals surface area contributed by atoms with E-state index in [4.69, 9.17) is 29.3 Å². The highest BCUT2D eigenvalue weighted by Crippen LogP contribution is 1.93. The van der Waals surface area contributed by atoms with Gasteiger partial charge in [-0.05, 0) is 20.8 Å². The number of esters is 1. The molecule has 0 atom stereocenters. The molecule has 9 nitrogen and oxygen atoms in total. The Kier molecular flexibility index (Phi) is 27.6. The van der Waals surface area contributed by atoms with Crippen LogP contribution in [0.1, 0.15) is 41.0 Å². The number of hydroxylamine groups is 2. The van der Waals surface area contributed by atoms with E-state index in [9.17, 15) is 4.79 Å². The van der Waals surface area contributed by atoms with Gasteiger partial charge in [0.05, 0.1) is 72.0 Å². The van der Waals surface area contributed by atoms with Gasteiger partial charge in [-0.1, -0.05) is 13.8 Å². The van der Waals surface area contributed by atoms with Crippen LogP contribution < -0.4 is 0 Å². The number of methoxy groups -OCH3 is 1. The third kappa shape index (κ3) is 44.5. The summed E-state index contributed by atoms with van der Waals surface area (Å²) in [5.41, 5.74) is -0.500. The zero-order chi connectivity index (χ0) is 22.3. The summed E-state index contributed by atoms with van der Waals surface area (Å²) in [7, 11) is 2.91. The lowest BCUT2D eigenvalue weighted by molar-refractivity contribution is -0.141. The smallest absolute Gasteiger partial charge is 0.307 e. The van der Waals surface area contributed by atoms with Crippen LogP contribution in [0.15, 0.2) is 0 Å². The molecule has 0 aliphatic carbocycles. The molecule has 0 aromatic heterocycles. The van der Waals surface area contributed by atoms with Crippen molar-refractivity contribution < 1.29 is 38.8 Å². The fraction of sp³-hybridized carbons (Fsp3) is 0.947. The fourth-order valence-corrected chi connectivity index (χ4v) is 1.22. The molecule has 0 unspecified atom stereocenters. The van der Waals surface area contributed by atoms with E-state index in [2.05, 4.69) is 4.74 Å². The van der Waals surface area contributed by atoms with E-state index in [1.165, 1.54) is 7.11 Å². The van der Waals surface area contributed by atoms with Crippen molar-refractivity contribution in [3.8, 4) is 0 Å². The maximum Gasteiger partial charge on any atom is 0.307 e. The highest BCUT2D eigenvalue weighted by molar-refractivity contribution is 5.69. The summed E-state index contributed by atoms with van der Waals surface area (Å²) in [4.78, 5) is 10.8. The van der Waals surface area contributed by atoms with Crippen molar-refractivity contribution in [2.45, 2.75) is 46.6 Å². The van der Waals surface area contributed by atoms with Gasteiger partial charge in [-0.3, -0.25) is 4.79 Å².